The lowest BCUT2D eigenvalue weighted by Gasteiger charge is -2.45. The van der Waals surface area contributed by atoms with Gasteiger partial charge in [-0.15, -0.1) is 0 Å². The molecule has 2 spiro atoms. The second kappa shape index (κ2) is 7.04. The Kier molecular flexibility index (Phi) is 4.83. The molecule has 1 atom stereocenters. The number of aliphatic imine (C=N–C) groups is 1. The summed E-state index contributed by atoms with van der Waals surface area (Å²) in [5, 5.41) is 0. The third-order valence-corrected chi connectivity index (χ3v) is 6.79. The van der Waals surface area contributed by atoms with Gasteiger partial charge in [-0.2, -0.15) is 0 Å². The molecule has 0 radical (unpaired) electrons. The molecule has 4 rings (SSSR count). The Bertz CT molecular complexity index is 801. The van der Waals surface area contributed by atoms with Crippen molar-refractivity contribution in [3.8, 4) is 5.75 Å². The molecule has 7 nitrogen and oxygen atoms in total. The molecule has 0 bridgehead atoms. The normalized spacial score (nSPS) is 31.5. The second-order valence-corrected chi connectivity index (χ2v) is 8.10. The minimum atomic E-state index is -0.958. The van der Waals surface area contributed by atoms with Crippen LogP contribution in [0, 0.1) is 5.41 Å². The zero-order valence-corrected chi connectivity index (χ0v) is 16.9. The summed E-state index contributed by atoms with van der Waals surface area (Å²) in [6, 6.07) is 6.03. The van der Waals surface area contributed by atoms with E-state index in [1.165, 1.54) is 4.90 Å². The summed E-state index contributed by atoms with van der Waals surface area (Å²) in [5.74, 6) is 0.986. The molecular weight excluding hydrogens is 358 g/mol. The number of nitrogens with two attached hydrogens (primary N) is 1. The minimum Gasteiger partial charge on any atom is -0.491 e. The average molecular weight is 387 g/mol. The Hall–Kier alpha value is -2.12. The van der Waals surface area contributed by atoms with Crippen LogP contribution in [-0.4, -0.2) is 57.4 Å². The number of nitrogens with zero attached hydrogens (tertiary/aromatic N) is 2. The quantitative estimate of drug-likeness (QED) is 0.779. The van der Waals surface area contributed by atoms with Crippen LogP contribution in [0.3, 0.4) is 0 Å². The van der Waals surface area contributed by atoms with E-state index >= 15 is 0 Å². The number of carbonyl (C=O) groups is 1. The molecule has 1 unspecified atom stereocenters. The van der Waals surface area contributed by atoms with Crippen molar-refractivity contribution in [2.24, 2.45) is 16.1 Å². The molecule has 3 aliphatic rings. The highest BCUT2D eigenvalue weighted by molar-refractivity contribution is 6.08. The van der Waals surface area contributed by atoms with Gasteiger partial charge in [0.2, 0.25) is 0 Å². The number of benzene rings is 1. The molecular formula is C21H29N3O4. The van der Waals surface area contributed by atoms with Gasteiger partial charge in [0.25, 0.3) is 5.91 Å². The summed E-state index contributed by atoms with van der Waals surface area (Å²) < 4.78 is 16.5. The van der Waals surface area contributed by atoms with E-state index in [1.807, 2.05) is 12.1 Å². The van der Waals surface area contributed by atoms with Crippen molar-refractivity contribution < 1.29 is 19.0 Å². The van der Waals surface area contributed by atoms with Crippen molar-refractivity contribution in [3.05, 3.63) is 29.3 Å². The van der Waals surface area contributed by atoms with E-state index in [0.717, 1.165) is 49.0 Å². The Morgan fingerprint density at radius 2 is 2.00 bits per heavy atom. The van der Waals surface area contributed by atoms with Gasteiger partial charge in [-0.05, 0) is 55.4 Å². The maximum atomic E-state index is 13.5. The third kappa shape index (κ3) is 2.63. The van der Waals surface area contributed by atoms with Gasteiger partial charge in [0, 0.05) is 26.7 Å². The Morgan fingerprint density at radius 1 is 1.25 bits per heavy atom. The van der Waals surface area contributed by atoms with E-state index in [-0.39, 0.29) is 23.4 Å². The molecule has 0 saturated heterocycles. The second-order valence-electron chi connectivity index (χ2n) is 8.10. The van der Waals surface area contributed by atoms with Crippen molar-refractivity contribution in [3.63, 3.8) is 0 Å². The Morgan fingerprint density at radius 3 is 2.61 bits per heavy atom. The van der Waals surface area contributed by atoms with Crippen LogP contribution in [0.1, 0.15) is 36.8 Å². The molecule has 1 saturated carbocycles. The van der Waals surface area contributed by atoms with Crippen LogP contribution in [0.2, 0.25) is 0 Å². The number of ether oxygens (including phenoxy) is 3. The maximum absolute atomic E-state index is 13.5. The van der Waals surface area contributed by atoms with Crippen LogP contribution < -0.4 is 10.5 Å². The number of guanidine groups is 1. The van der Waals surface area contributed by atoms with Gasteiger partial charge in [-0.25, -0.2) is 4.99 Å². The van der Waals surface area contributed by atoms with Gasteiger partial charge in [0.15, 0.2) is 11.5 Å². The lowest BCUT2D eigenvalue weighted by Crippen LogP contribution is -2.51. The molecule has 1 amide bonds. The predicted molar refractivity (Wildman–Crippen MR) is 105 cm³/mol. The van der Waals surface area contributed by atoms with Crippen LogP contribution in [0.4, 0.5) is 0 Å². The number of hydrogen-bond donors (Lipinski definition) is 1. The molecule has 1 aromatic rings. The van der Waals surface area contributed by atoms with Crippen molar-refractivity contribution in [1.29, 1.82) is 0 Å². The molecule has 1 fully saturated rings. The SMILES string of the molecule is COCCOc1ccc2c(c1)C1(N=C(N)N(C)C1=O)C1(CCC(OC)CC1)C2. The first-order valence-corrected chi connectivity index (χ1v) is 9.89. The van der Waals surface area contributed by atoms with Gasteiger partial charge < -0.3 is 19.9 Å². The Balaban J connectivity index is 1.77. The van der Waals surface area contributed by atoms with Gasteiger partial charge in [0.1, 0.15) is 12.4 Å². The van der Waals surface area contributed by atoms with E-state index < -0.39 is 5.54 Å². The standard InChI is InChI=1S/C21H29N3O4/c1-24-18(25)21(23-19(24)22)17-12-16(28-11-10-26-2)5-4-14(17)13-20(21)8-6-15(27-3)7-9-20/h4-5,12,15H,6-11,13H2,1-3H3,(H2,22,23). The molecule has 1 heterocycles. The lowest BCUT2D eigenvalue weighted by atomic mass is 9.61. The topological polar surface area (TPSA) is 86.4 Å². The summed E-state index contributed by atoms with van der Waals surface area (Å²) in [4.78, 5) is 19.9. The number of hydrogen-bond acceptors (Lipinski definition) is 6. The molecule has 7 heteroatoms. The van der Waals surface area contributed by atoms with Crippen molar-refractivity contribution in [1.82, 2.24) is 4.90 Å². The summed E-state index contributed by atoms with van der Waals surface area (Å²) in [6.45, 7) is 0.972. The molecule has 2 aliphatic carbocycles. The van der Waals surface area contributed by atoms with Gasteiger partial charge in [0.05, 0.1) is 12.7 Å². The molecule has 152 valence electrons. The fourth-order valence-electron chi connectivity index (χ4n) is 5.24. The van der Waals surface area contributed by atoms with Crippen LogP contribution in [0.15, 0.2) is 23.2 Å². The van der Waals surface area contributed by atoms with Crippen molar-refractivity contribution in [2.75, 3.05) is 34.5 Å². The van der Waals surface area contributed by atoms with E-state index in [4.69, 9.17) is 24.9 Å². The fourth-order valence-corrected chi connectivity index (χ4v) is 5.24. The van der Waals surface area contributed by atoms with Crippen LogP contribution in [-0.2, 0) is 26.2 Å². The fraction of sp³-hybridized carbons (Fsp3) is 0.619. The Labute approximate surface area is 165 Å². The van der Waals surface area contributed by atoms with Gasteiger partial charge in [-0.3, -0.25) is 9.69 Å². The van der Waals surface area contributed by atoms with Crippen molar-refractivity contribution >= 4 is 11.9 Å². The number of amides is 1. The molecule has 28 heavy (non-hydrogen) atoms. The zero-order chi connectivity index (χ0) is 19.9. The molecule has 1 aromatic carbocycles. The first kappa shape index (κ1) is 19.2. The number of fused-ring (bicyclic) bond motifs is 3. The highest BCUT2D eigenvalue weighted by Crippen LogP contribution is 2.62. The first-order chi connectivity index (χ1) is 13.5. The monoisotopic (exact) mass is 387 g/mol. The predicted octanol–water partition coefficient (Wildman–Crippen LogP) is 1.83. The highest BCUT2D eigenvalue weighted by Gasteiger charge is 2.66. The van der Waals surface area contributed by atoms with Gasteiger partial charge in [-0.1, -0.05) is 6.07 Å². The van der Waals surface area contributed by atoms with E-state index in [1.54, 1.807) is 21.3 Å². The number of likely N-dealkylation sites (N-methyl/N-ethyl adjacent to an activating group) is 1. The summed E-state index contributed by atoms with van der Waals surface area (Å²) in [5.41, 5.74) is 7.03. The largest absolute Gasteiger partial charge is 0.491 e. The first-order valence-electron chi connectivity index (χ1n) is 9.89. The maximum Gasteiger partial charge on any atom is 0.262 e. The number of carbonyl (C=O) groups excluding carboxylic acids is 1. The number of methoxy groups -OCH3 is 2. The highest BCUT2D eigenvalue weighted by atomic mass is 16.5. The van der Waals surface area contributed by atoms with E-state index in [0.29, 0.717) is 13.2 Å². The van der Waals surface area contributed by atoms with Crippen molar-refractivity contribution in [2.45, 2.75) is 43.7 Å². The third-order valence-electron chi connectivity index (χ3n) is 6.79. The van der Waals surface area contributed by atoms with Crippen LogP contribution >= 0.6 is 0 Å². The molecule has 2 N–H and O–H groups in total. The summed E-state index contributed by atoms with van der Waals surface area (Å²) in [6.07, 6.45) is 4.70. The lowest BCUT2D eigenvalue weighted by molar-refractivity contribution is -0.137. The minimum absolute atomic E-state index is 0.0336. The van der Waals surface area contributed by atoms with Crippen LogP contribution in [0.25, 0.3) is 0 Å². The van der Waals surface area contributed by atoms with Crippen LogP contribution in [0.5, 0.6) is 5.75 Å². The average Bonchev–Trinajstić information content (AvgIpc) is 3.10. The summed E-state index contributed by atoms with van der Waals surface area (Å²) >= 11 is 0. The molecule has 1 aliphatic heterocycles. The summed E-state index contributed by atoms with van der Waals surface area (Å²) in [7, 11) is 5.11. The van der Waals surface area contributed by atoms with E-state index in [9.17, 15) is 4.79 Å². The smallest absolute Gasteiger partial charge is 0.262 e. The zero-order valence-electron chi connectivity index (χ0n) is 16.9. The van der Waals surface area contributed by atoms with Gasteiger partial charge >= 0.3 is 0 Å². The molecule has 0 aromatic heterocycles. The number of rotatable bonds is 5. The van der Waals surface area contributed by atoms with E-state index in [2.05, 4.69) is 6.07 Å².